The standard InChI is InChI=1S/C13H12N2/c1-2-11-8-9-12(14)13(15-11)10-6-4-3-5-7-10/h2-9H,1,14H2. The minimum absolute atomic E-state index is 0.687. The lowest BCUT2D eigenvalue weighted by atomic mass is 10.1. The number of rotatable bonds is 2. The Hall–Kier alpha value is -2.09. The van der Waals surface area contributed by atoms with Gasteiger partial charge in [0, 0.05) is 5.56 Å². The van der Waals surface area contributed by atoms with Crippen molar-refractivity contribution in [2.24, 2.45) is 0 Å². The van der Waals surface area contributed by atoms with E-state index in [0.29, 0.717) is 5.69 Å². The van der Waals surface area contributed by atoms with Crippen LogP contribution in [0.4, 0.5) is 5.69 Å². The van der Waals surface area contributed by atoms with Crippen molar-refractivity contribution in [2.75, 3.05) is 5.73 Å². The van der Waals surface area contributed by atoms with E-state index in [1.165, 1.54) is 0 Å². The Morgan fingerprint density at radius 1 is 1.07 bits per heavy atom. The van der Waals surface area contributed by atoms with E-state index in [2.05, 4.69) is 11.6 Å². The van der Waals surface area contributed by atoms with E-state index in [-0.39, 0.29) is 0 Å². The molecule has 74 valence electrons. The third kappa shape index (κ3) is 1.89. The molecule has 2 N–H and O–H groups in total. The molecule has 1 aromatic carbocycles. The summed E-state index contributed by atoms with van der Waals surface area (Å²) < 4.78 is 0. The van der Waals surface area contributed by atoms with Gasteiger partial charge in [-0.3, -0.25) is 0 Å². The molecule has 1 aromatic heterocycles. The zero-order valence-corrected chi connectivity index (χ0v) is 8.35. The molecule has 0 bridgehead atoms. The predicted octanol–water partition coefficient (Wildman–Crippen LogP) is 2.97. The number of nitrogens with two attached hydrogens (primary N) is 1. The van der Waals surface area contributed by atoms with Gasteiger partial charge in [-0.15, -0.1) is 0 Å². The van der Waals surface area contributed by atoms with Crippen molar-refractivity contribution in [2.45, 2.75) is 0 Å². The first kappa shape index (κ1) is 9.46. The van der Waals surface area contributed by atoms with Crippen molar-refractivity contribution in [3.05, 3.63) is 54.7 Å². The van der Waals surface area contributed by atoms with Crippen molar-refractivity contribution < 1.29 is 0 Å². The molecule has 2 nitrogen and oxygen atoms in total. The molecule has 0 atom stereocenters. The average Bonchev–Trinajstić information content (AvgIpc) is 2.31. The van der Waals surface area contributed by atoms with Gasteiger partial charge in [0.1, 0.15) is 0 Å². The van der Waals surface area contributed by atoms with Crippen LogP contribution in [0.15, 0.2) is 49.0 Å². The molecule has 0 unspecified atom stereocenters. The number of benzene rings is 1. The molecule has 0 saturated carbocycles. The molecule has 0 aliphatic carbocycles. The number of nitrogen functional groups attached to an aromatic ring is 1. The summed E-state index contributed by atoms with van der Waals surface area (Å²) in [6.45, 7) is 3.69. The Morgan fingerprint density at radius 2 is 1.80 bits per heavy atom. The number of hydrogen-bond acceptors (Lipinski definition) is 2. The number of hydrogen-bond donors (Lipinski definition) is 1. The molecule has 2 heteroatoms. The van der Waals surface area contributed by atoms with E-state index in [1.807, 2.05) is 42.5 Å². The topological polar surface area (TPSA) is 38.9 Å². The van der Waals surface area contributed by atoms with Gasteiger partial charge in [0.05, 0.1) is 17.1 Å². The third-order valence-electron chi connectivity index (χ3n) is 2.20. The summed E-state index contributed by atoms with van der Waals surface area (Å²) in [4.78, 5) is 4.42. The molecular weight excluding hydrogens is 184 g/mol. The second kappa shape index (κ2) is 3.96. The lowest BCUT2D eigenvalue weighted by molar-refractivity contribution is 1.30. The van der Waals surface area contributed by atoms with Gasteiger partial charge in [-0.25, -0.2) is 4.98 Å². The van der Waals surface area contributed by atoms with Crippen LogP contribution in [0.2, 0.25) is 0 Å². The maximum Gasteiger partial charge on any atom is 0.0938 e. The molecule has 2 aromatic rings. The van der Waals surface area contributed by atoms with Crippen LogP contribution in [0.1, 0.15) is 5.69 Å². The smallest absolute Gasteiger partial charge is 0.0938 e. The van der Waals surface area contributed by atoms with Crippen LogP contribution in [0.3, 0.4) is 0 Å². The monoisotopic (exact) mass is 196 g/mol. The van der Waals surface area contributed by atoms with Crippen LogP contribution in [-0.4, -0.2) is 4.98 Å². The first-order valence-corrected chi connectivity index (χ1v) is 4.75. The second-order valence-electron chi connectivity index (χ2n) is 3.24. The van der Waals surface area contributed by atoms with Crippen molar-refractivity contribution in [1.82, 2.24) is 4.98 Å². The summed E-state index contributed by atoms with van der Waals surface area (Å²) >= 11 is 0. The van der Waals surface area contributed by atoms with Gasteiger partial charge in [-0.2, -0.15) is 0 Å². The van der Waals surface area contributed by atoms with E-state index in [1.54, 1.807) is 6.08 Å². The van der Waals surface area contributed by atoms with E-state index in [9.17, 15) is 0 Å². The number of anilines is 1. The molecular formula is C13H12N2. The number of nitrogens with zero attached hydrogens (tertiary/aromatic N) is 1. The van der Waals surface area contributed by atoms with Gasteiger partial charge >= 0.3 is 0 Å². The molecule has 0 spiro atoms. The van der Waals surface area contributed by atoms with Gasteiger partial charge < -0.3 is 5.73 Å². The average molecular weight is 196 g/mol. The quantitative estimate of drug-likeness (QED) is 0.802. The predicted molar refractivity (Wildman–Crippen MR) is 64.2 cm³/mol. The lowest BCUT2D eigenvalue weighted by Crippen LogP contribution is -1.94. The summed E-state index contributed by atoms with van der Waals surface area (Å²) in [6.07, 6.45) is 1.71. The molecule has 0 amide bonds. The zero-order valence-electron chi connectivity index (χ0n) is 8.35. The van der Waals surface area contributed by atoms with E-state index in [4.69, 9.17) is 5.73 Å². The minimum atomic E-state index is 0.687. The molecule has 1 heterocycles. The van der Waals surface area contributed by atoms with Crippen LogP contribution in [0, 0.1) is 0 Å². The Balaban J connectivity index is 2.57. The normalized spacial score (nSPS) is 9.87. The van der Waals surface area contributed by atoms with Crippen LogP contribution >= 0.6 is 0 Å². The van der Waals surface area contributed by atoms with Gasteiger partial charge in [0.2, 0.25) is 0 Å². The van der Waals surface area contributed by atoms with Crippen molar-refractivity contribution in [3.8, 4) is 11.3 Å². The highest BCUT2D eigenvalue weighted by Gasteiger charge is 2.03. The minimum Gasteiger partial charge on any atom is -0.397 e. The number of pyridine rings is 1. The van der Waals surface area contributed by atoms with Gasteiger partial charge in [0.15, 0.2) is 0 Å². The molecule has 0 aliphatic heterocycles. The van der Waals surface area contributed by atoms with E-state index >= 15 is 0 Å². The Kier molecular flexibility index (Phi) is 2.50. The molecule has 0 fully saturated rings. The Labute approximate surface area is 89.1 Å². The van der Waals surface area contributed by atoms with E-state index < -0.39 is 0 Å². The van der Waals surface area contributed by atoms with Crippen LogP contribution in [0.5, 0.6) is 0 Å². The fourth-order valence-electron chi connectivity index (χ4n) is 1.43. The molecule has 15 heavy (non-hydrogen) atoms. The van der Waals surface area contributed by atoms with Crippen molar-refractivity contribution in [1.29, 1.82) is 0 Å². The molecule has 0 saturated heterocycles. The van der Waals surface area contributed by atoms with Gasteiger partial charge in [-0.05, 0) is 18.2 Å². The van der Waals surface area contributed by atoms with Crippen LogP contribution in [-0.2, 0) is 0 Å². The number of aromatic nitrogens is 1. The zero-order chi connectivity index (χ0) is 10.7. The maximum atomic E-state index is 5.88. The first-order chi connectivity index (χ1) is 7.31. The summed E-state index contributed by atoms with van der Waals surface area (Å²) in [5.41, 5.74) is 9.24. The van der Waals surface area contributed by atoms with Crippen LogP contribution in [0.25, 0.3) is 17.3 Å². The maximum absolute atomic E-state index is 5.88. The van der Waals surface area contributed by atoms with Gasteiger partial charge in [-0.1, -0.05) is 36.9 Å². The third-order valence-corrected chi connectivity index (χ3v) is 2.20. The molecule has 0 aliphatic rings. The Bertz CT molecular complexity index is 475. The highest BCUT2D eigenvalue weighted by atomic mass is 14.8. The largest absolute Gasteiger partial charge is 0.397 e. The summed E-state index contributed by atoms with van der Waals surface area (Å²) in [6, 6.07) is 13.6. The Morgan fingerprint density at radius 3 is 2.47 bits per heavy atom. The highest BCUT2D eigenvalue weighted by Crippen LogP contribution is 2.23. The molecule has 2 rings (SSSR count). The fourth-order valence-corrected chi connectivity index (χ4v) is 1.43. The fraction of sp³-hybridized carbons (Fsp3) is 0. The lowest BCUT2D eigenvalue weighted by Gasteiger charge is -2.05. The first-order valence-electron chi connectivity index (χ1n) is 4.75. The molecule has 0 radical (unpaired) electrons. The van der Waals surface area contributed by atoms with Gasteiger partial charge in [0.25, 0.3) is 0 Å². The summed E-state index contributed by atoms with van der Waals surface area (Å²) in [7, 11) is 0. The highest BCUT2D eigenvalue weighted by molar-refractivity contribution is 5.73. The SMILES string of the molecule is C=Cc1ccc(N)c(-c2ccccc2)n1. The summed E-state index contributed by atoms with van der Waals surface area (Å²) in [5.74, 6) is 0. The van der Waals surface area contributed by atoms with Crippen LogP contribution < -0.4 is 5.73 Å². The van der Waals surface area contributed by atoms with Crippen molar-refractivity contribution in [3.63, 3.8) is 0 Å². The summed E-state index contributed by atoms with van der Waals surface area (Å²) in [5, 5.41) is 0. The van der Waals surface area contributed by atoms with Crippen molar-refractivity contribution >= 4 is 11.8 Å². The van der Waals surface area contributed by atoms with E-state index in [0.717, 1.165) is 17.0 Å². The second-order valence-corrected chi connectivity index (χ2v) is 3.24.